The molecular weight excluding hydrogens is 270 g/mol. The fourth-order valence-corrected chi connectivity index (χ4v) is 1.92. The molecule has 0 radical (unpaired) electrons. The third kappa shape index (κ3) is 3.93. The van der Waals surface area contributed by atoms with Crippen LogP contribution in [0.3, 0.4) is 0 Å². The number of H-pyrrole nitrogens is 1. The van der Waals surface area contributed by atoms with Gasteiger partial charge in [0.1, 0.15) is 5.69 Å². The third-order valence-electron chi connectivity index (χ3n) is 3.06. The Morgan fingerprint density at radius 2 is 1.86 bits per heavy atom. The number of hydrazine groups is 1. The van der Waals surface area contributed by atoms with Crippen LogP contribution >= 0.6 is 0 Å². The van der Waals surface area contributed by atoms with Crippen LogP contribution in [0.5, 0.6) is 0 Å². The first-order chi connectivity index (χ1) is 9.99. The minimum absolute atomic E-state index is 0.165. The van der Waals surface area contributed by atoms with E-state index in [0.717, 1.165) is 0 Å². The Balaban J connectivity index is 1.88. The molecule has 2 amide bonds. The van der Waals surface area contributed by atoms with Gasteiger partial charge in [-0.15, -0.1) is 0 Å². The van der Waals surface area contributed by atoms with Crippen LogP contribution in [-0.2, 0) is 10.4 Å². The summed E-state index contributed by atoms with van der Waals surface area (Å²) in [5, 5.41) is 10.3. The highest BCUT2D eigenvalue weighted by Crippen LogP contribution is 2.23. The average Bonchev–Trinajstić information content (AvgIpc) is 2.99. The maximum absolute atomic E-state index is 11.8. The van der Waals surface area contributed by atoms with Crippen molar-refractivity contribution in [3.05, 3.63) is 59.9 Å². The van der Waals surface area contributed by atoms with Gasteiger partial charge in [0.2, 0.25) is 5.91 Å². The quantitative estimate of drug-likeness (QED) is 0.634. The molecule has 1 atom stereocenters. The number of amides is 2. The molecule has 110 valence electrons. The molecule has 0 aliphatic heterocycles. The van der Waals surface area contributed by atoms with Crippen molar-refractivity contribution in [2.24, 2.45) is 0 Å². The highest BCUT2D eigenvalue weighted by molar-refractivity contribution is 5.93. The predicted molar refractivity (Wildman–Crippen MR) is 77.0 cm³/mol. The van der Waals surface area contributed by atoms with Gasteiger partial charge in [-0.3, -0.25) is 20.4 Å². The van der Waals surface area contributed by atoms with E-state index in [4.69, 9.17) is 0 Å². The van der Waals surface area contributed by atoms with Gasteiger partial charge in [-0.05, 0) is 24.6 Å². The minimum atomic E-state index is -1.30. The zero-order chi connectivity index (χ0) is 15.3. The van der Waals surface area contributed by atoms with Crippen LogP contribution in [-0.4, -0.2) is 21.9 Å². The van der Waals surface area contributed by atoms with Crippen LogP contribution in [0.25, 0.3) is 0 Å². The van der Waals surface area contributed by atoms with E-state index >= 15 is 0 Å². The molecule has 4 N–H and O–H groups in total. The topological polar surface area (TPSA) is 94.2 Å². The lowest BCUT2D eigenvalue weighted by Crippen LogP contribution is -2.44. The Morgan fingerprint density at radius 1 is 1.14 bits per heavy atom. The Morgan fingerprint density at radius 3 is 2.48 bits per heavy atom. The van der Waals surface area contributed by atoms with Crippen LogP contribution in [0.2, 0.25) is 0 Å². The molecule has 2 aromatic rings. The predicted octanol–water partition coefficient (Wildman–Crippen LogP) is 1.07. The molecule has 6 heteroatoms. The first kappa shape index (κ1) is 14.8. The van der Waals surface area contributed by atoms with Crippen LogP contribution in [0.15, 0.2) is 48.7 Å². The van der Waals surface area contributed by atoms with E-state index in [-0.39, 0.29) is 6.42 Å². The van der Waals surface area contributed by atoms with Gasteiger partial charge in [0.25, 0.3) is 5.91 Å². The van der Waals surface area contributed by atoms with Crippen molar-refractivity contribution in [2.45, 2.75) is 18.9 Å². The Bertz CT molecular complexity index is 606. The fraction of sp³-hybridized carbons (Fsp3) is 0.200. The maximum atomic E-state index is 11.8. The van der Waals surface area contributed by atoms with Gasteiger partial charge in [-0.25, -0.2) is 0 Å². The molecular formula is C15H17N3O3. The van der Waals surface area contributed by atoms with E-state index in [1.165, 1.54) is 0 Å². The number of aromatic nitrogens is 1. The Kier molecular flexibility index (Phi) is 4.39. The molecule has 1 aromatic heterocycles. The summed E-state index contributed by atoms with van der Waals surface area (Å²) in [6.45, 7) is 1.55. The monoisotopic (exact) mass is 287 g/mol. The number of rotatable bonds is 4. The second-order valence-corrected chi connectivity index (χ2v) is 4.90. The number of nitrogens with one attached hydrogen (secondary N) is 3. The summed E-state index contributed by atoms with van der Waals surface area (Å²) in [4.78, 5) is 26.2. The molecule has 0 fully saturated rings. The van der Waals surface area contributed by atoms with Crippen molar-refractivity contribution in [2.75, 3.05) is 0 Å². The van der Waals surface area contributed by atoms with Crippen molar-refractivity contribution in [3.63, 3.8) is 0 Å². The minimum Gasteiger partial charge on any atom is -0.385 e. The summed E-state index contributed by atoms with van der Waals surface area (Å²) in [5.74, 6) is -0.934. The Hall–Kier alpha value is -2.60. The molecule has 0 aliphatic rings. The van der Waals surface area contributed by atoms with E-state index in [1.807, 2.05) is 6.07 Å². The molecule has 0 saturated heterocycles. The summed E-state index contributed by atoms with van der Waals surface area (Å²) in [7, 11) is 0. The number of hydrogen-bond donors (Lipinski definition) is 4. The first-order valence-corrected chi connectivity index (χ1v) is 6.49. The van der Waals surface area contributed by atoms with E-state index < -0.39 is 17.4 Å². The standard InChI is InChI=1S/C15H17N3O3/c1-15(21,11-6-3-2-4-7-11)10-13(19)17-18-14(20)12-8-5-9-16-12/h2-9,16,21H,10H2,1H3,(H,17,19)(H,18,20). The smallest absolute Gasteiger partial charge is 0.286 e. The normalized spacial score (nSPS) is 13.2. The lowest BCUT2D eigenvalue weighted by Gasteiger charge is -2.23. The summed E-state index contributed by atoms with van der Waals surface area (Å²) in [6, 6.07) is 12.1. The van der Waals surface area contributed by atoms with Crippen molar-refractivity contribution < 1.29 is 14.7 Å². The van der Waals surface area contributed by atoms with Gasteiger partial charge < -0.3 is 10.1 Å². The molecule has 2 rings (SSSR count). The van der Waals surface area contributed by atoms with Crippen molar-refractivity contribution in [1.29, 1.82) is 0 Å². The second kappa shape index (κ2) is 6.23. The van der Waals surface area contributed by atoms with E-state index in [0.29, 0.717) is 11.3 Å². The SMILES string of the molecule is CC(O)(CC(=O)NNC(=O)c1ccc[nH]1)c1ccccc1. The molecule has 6 nitrogen and oxygen atoms in total. The number of aliphatic hydroxyl groups is 1. The highest BCUT2D eigenvalue weighted by atomic mass is 16.3. The van der Waals surface area contributed by atoms with Gasteiger partial charge in [0, 0.05) is 6.20 Å². The van der Waals surface area contributed by atoms with Gasteiger partial charge >= 0.3 is 0 Å². The molecule has 0 aliphatic carbocycles. The molecule has 21 heavy (non-hydrogen) atoms. The zero-order valence-electron chi connectivity index (χ0n) is 11.6. The molecule has 0 spiro atoms. The number of benzene rings is 1. The summed E-state index contributed by atoms with van der Waals surface area (Å²) in [5.41, 5.74) is 4.23. The lowest BCUT2D eigenvalue weighted by atomic mass is 9.92. The van der Waals surface area contributed by atoms with Gasteiger partial charge in [0.15, 0.2) is 0 Å². The summed E-state index contributed by atoms with van der Waals surface area (Å²) in [6.07, 6.45) is 1.44. The third-order valence-corrected chi connectivity index (χ3v) is 3.06. The van der Waals surface area contributed by atoms with Crippen LogP contribution in [0.1, 0.15) is 29.4 Å². The lowest BCUT2D eigenvalue weighted by molar-refractivity contribution is -0.126. The first-order valence-electron chi connectivity index (χ1n) is 6.49. The van der Waals surface area contributed by atoms with Gasteiger partial charge in [-0.2, -0.15) is 0 Å². The molecule has 0 saturated carbocycles. The number of aromatic amines is 1. The number of carbonyl (C=O) groups excluding carboxylic acids is 2. The zero-order valence-corrected chi connectivity index (χ0v) is 11.6. The summed E-state index contributed by atoms with van der Waals surface area (Å²) >= 11 is 0. The second-order valence-electron chi connectivity index (χ2n) is 4.90. The number of carbonyl (C=O) groups is 2. The Labute approximate surface area is 122 Å². The van der Waals surface area contributed by atoms with E-state index in [9.17, 15) is 14.7 Å². The van der Waals surface area contributed by atoms with Crippen LogP contribution in [0, 0.1) is 0 Å². The molecule has 1 unspecified atom stereocenters. The summed E-state index contributed by atoms with van der Waals surface area (Å²) < 4.78 is 0. The molecule has 1 heterocycles. The van der Waals surface area contributed by atoms with Crippen molar-refractivity contribution in [1.82, 2.24) is 15.8 Å². The highest BCUT2D eigenvalue weighted by Gasteiger charge is 2.26. The van der Waals surface area contributed by atoms with Crippen LogP contribution < -0.4 is 10.9 Å². The maximum Gasteiger partial charge on any atom is 0.286 e. The average molecular weight is 287 g/mol. The number of hydrogen-bond acceptors (Lipinski definition) is 3. The van der Waals surface area contributed by atoms with Gasteiger partial charge in [-0.1, -0.05) is 30.3 Å². The van der Waals surface area contributed by atoms with Crippen LogP contribution in [0.4, 0.5) is 0 Å². The fourth-order valence-electron chi connectivity index (χ4n) is 1.92. The van der Waals surface area contributed by atoms with Crippen molar-refractivity contribution >= 4 is 11.8 Å². The molecule has 1 aromatic carbocycles. The van der Waals surface area contributed by atoms with Gasteiger partial charge in [0.05, 0.1) is 12.0 Å². The van der Waals surface area contributed by atoms with E-state index in [2.05, 4.69) is 15.8 Å². The molecule has 0 bridgehead atoms. The largest absolute Gasteiger partial charge is 0.385 e. The van der Waals surface area contributed by atoms with Crippen molar-refractivity contribution in [3.8, 4) is 0 Å². The van der Waals surface area contributed by atoms with E-state index in [1.54, 1.807) is 49.5 Å².